The Bertz CT molecular complexity index is 238. The SMILES string of the molecule is NC1CCC(Cl)c2nonc21. The van der Waals surface area contributed by atoms with E-state index in [-0.39, 0.29) is 11.4 Å². The zero-order chi connectivity index (χ0) is 7.84. The van der Waals surface area contributed by atoms with Crippen LogP contribution >= 0.6 is 11.6 Å². The summed E-state index contributed by atoms with van der Waals surface area (Å²) in [4.78, 5) is 0. The highest BCUT2D eigenvalue weighted by molar-refractivity contribution is 6.20. The summed E-state index contributed by atoms with van der Waals surface area (Å²) in [5.41, 5.74) is 7.16. The lowest BCUT2D eigenvalue weighted by Crippen LogP contribution is -2.18. The predicted octanol–water partition coefficient (Wildman–Crippen LogP) is 1.14. The molecule has 60 valence electrons. The molecule has 2 rings (SSSR count). The van der Waals surface area contributed by atoms with E-state index in [1.165, 1.54) is 0 Å². The van der Waals surface area contributed by atoms with E-state index in [1.54, 1.807) is 0 Å². The summed E-state index contributed by atoms with van der Waals surface area (Å²) in [6, 6.07) is -0.0498. The number of halogens is 1. The van der Waals surface area contributed by atoms with Gasteiger partial charge in [-0.1, -0.05) is 10.3 Å². The molecule has 1 aromatic rings. The highest BCUT2D eigenvalue weighted by Crippen LogP contribution is 2.36. The van der Waals surface area contributed by atoms with Gasteiger partial charge in [-0.3, -0.25) is 0 Å². The molecule has 11 heavy (non-hydrogen) atoms. The average molecular weight is 174 g/mol. The fourth-order valence-electron chi connectivity index (χ4n) is 1.28. The second-order valence-corrected chi connectivity index (χ2v) is 3.21. The van der Waals surface area contributed by atoms with E-state index in [0.29, 0.717) is 5.69 Å². The van der Waals surface area contributed by atoms with Crippen LogP contribution in [-0.4, -0.2) is 10.3 Å². The molecule has 0 fully saturated rings. The van der Waals surface area contributed by atoms with Gasteiger partial charge in [0.1, 0.15) is 11.4 Å². The number of aromatic nitrogens is 2. The van der Waals surface area contributed by atoms with Crippen molar-refractivity contribution in [2.45, 2.75) is 24.3 Å². The van der Waals surface area contributed by atoms with E-state index in [2.05, 4.69) is 14.9 Å². The third kappa shape index (κ3) is 1.02. The van der Waals surface area contributed by atoms with Crippen molar-refractivity contribution in [1.29, 1.82) is 0 Å². The Kier molecular flexibility index (Phi) is 1.58. The van der Waals surface area contributed by atoms with Gasteiger partial charge in [0.15, 0.2) is 0 Å². The molecule has 1 aliphatic rings. The molecule has 1 heterocycles. The van der Waals surface area contributed by atoms with Crippen LogP contribution in [0.25, 0.3) is 0 Å². The number of rotatable bonds is 0. The molecule has 2 atom stereocenters. The lowest BCUT2D eigenvalue weighted by atomic mass is 9.97. The van der Waals surface area contributed by atoms with Crippen molar-refractivity contribution in [3.05, 3.63) is 11.4 Å². The Morgan fingerprint density at radius 3 is 2.82 bits per heavy atom. The standard InChI is InChI=1S/C6H8ClN3O/c7-3-1-2-4(8)6-5(3)9-11-10-6/h3-4H,1-2,8H2. The molecule has 1 aliphatic carbocycles. The number of hydrogen-bond donors (Lipinski definition) is 1. The fourth-order valence-corrected chi connectivity index (χ4v) is 1.55. The maximum atomic E-state index is 5.94. The highest BCUT2D eigenvalue weighted by atomic mass is 35.5. The van der Waals surface area contributed by atoms with E-state index in [0.717, 1.165) is 18.5 Å². The van der Waals surface area contributed by atoms with Gasteiger partial charge >= 0.3 is 0 Å². The number of alkyl halides is 1. The first-order valence-corrected chi connectivity index (χ1v) is 3.94. The van der Waals surface area contributed by atoms with Gasteiger partial charge < -0.3 is 5.73 Å². The summed E-state index contributed by atoms with van der Waals surface area (Å²) in [6.45, 7) is 0. The summed E-state index contributed by atoms with van der Waals surface area (Å²) in [5, 5.41) is 7.31. The summed E-state index contributed by atoms with van der Waals surface area (Å²) >= 11 is 5.94. The van der Waals surface area contributed by atoms with Crippen LogP contribution in [-0.2, 0) is 0 Å². The van der Waals surface area contributed by atoms with Crippen LogP contribution in [0.5, 0.6) is 0 Å². The zero-order valence-electron chi connectivity index (χ0n) is 5.83. The summed E-state index contributed by atoms with van der Waals surface area (Å²) in [7, 11) is 0. The molecular weight excluding hydrogens is 166 g/mol. The van der Waals surface area contributed by atoms with Gasteiger partial charge in [-0.2, -0.15) is 0 Å². The number of nitrogens with two attached hydrogens (primary N) is 1. The molecule has 1 aromatic heterocycles. The monoisotopic (exact) mass is 173 g/mol. The lowest BCUT2D eigenvalue weighted by Gasteiger charge is -2.17. The molecule has 0 aromatic carbocycles. The quantitative estimate of drug-likeness (QED) is 0.598. The second kappa shape index (κ2) is 2.46. The van der Waals surface area contributed by atoms with Crippen molar-refractivity contribution in [1.82, 2.24) is 10.3 Å². The smallest absolute Gasteiger partial charge is 0.127 e. The first kappa shape index (κ1) is 7.06. The van der Waals surface area contributed by atoms with Gasteiger partial charge in [-0.25, -0.2) is 4.63 Å². The van der Waals surface area contributed by atoms with Crippen LogP contribution in [0.3, 0.4) is 0 Å². The largest absolute Gasteiger partial charge is 0.322 e. The van der Waals surface area contributed by atoms with Crippen molar-refractivity contribution in [3.8, 4) is 0 Å². The Morgan fingerprint density at radius 1 is 1.36 bits per heavy atom. The van der Waals surface area contributed by atoms with Crippen molar-refractivity contribution in [2.24, 2.45) is 5.73 Å². The van der Waals surface area contributed by atoms with Gasteiger partial charge in [0, 0.05) is 0 Å². The number of hydrogen-bond acceptors (Lipinski definition) is 4. The third-order valence-electron chi connectivity index (χ3n) is 1.92. The Morgan fingerprint density at radius 2 is 2.09 bits per heavy atom. The molecule has 0 saturated carbocycles. The van der Waals surface area contributed by atoms with Crippen molar-refractivity contribution >= 4 is 11.6 Å². The van der Waals surface area contributed by atoms with Gasteiger partial charge in [-0.15, -0.1) is 11.6 Å². The molecule has 0 radical (unpaired) electrons. The Hall–Kier alpha value is -0.610. The van der Waals surface area contributed by atoms with Crippen LogP contribution < -0.4 is 5.73 Å². The van der Waals surface area contributed by atoms with Crippen LogP contribution in [0.2, 0.25) is 0 Å². The zero-order valence-corrected chi connectivity index (χ0v) is 6.58. The predicted molar refractivity (Wildman–Crippen MR) is 39.1 cm³/mol. The minimum absolute atomic E-state index is 0.0498. The Balaban J connectivity index is 2.43. The minimum atomic E-state index is -0.0731. The lowest BCUT2D eigenvalue weighted by molar-refractivity contribution is 0.299. The van der Waals surface area contributed by atoms with E-state index in [4.69, 9.17) is 17.3 Å². The van der Waals surface area contributed by atoms with Crippen molar-refractivity contribution in [2.75, 3.05) is 0 Å². The average Bonchev–Trinajstić information content (AvgIpc) is 2.45. The van der Waals surface area contributed by atoms with Gasteiger partial charge in [0.05, 0.1) is 11.4 Å². The van der Waals surface area contributed by atoms with Gasteiger partial charge in [0.2, 0.25) is 0 Å². The third-order valence-corrected chi connectivity index (χ3v) is 2.34. The van der Waals surface area contributed by atoms with E-state index in [9.17, 15) is 0 Å². The summed E-state index contributed by atoms with van der Waals surface area (Å²) < 4.78 is 4.54. The maximum Gasteiger partial charge on any atom is 0.127 e. The van der Waals surface area contributed by atoms with Gasteiger partial charge in [-0.05, 0) is 12.8 Å². The molecule has 4 nitrogen and oxygen atoms in total. The van der Waals surface area contributed by atoms with Crippen LogP contribution in [0, 0.1) is 0 Å². The number of fused-ring (bicyclic) bond motifs is 1. The highest BCUT2D eigenvalue weighted by Gasteiger charge is 2.28. The Labute approximate surface area is 68.7 Å². The van der Waals surface area contributed by atoms with Crippen LogP contribution in [0.4, 0.5) is 0 Å². The summed E-state index contributed by atoms with van der Waals surface area (Å²) in [5.74, 6) is 0. The molecule has 5 heteroatoms. The van der Waals surface area contributed by atoms with E-state index < -0.39 is 0 Å². The van der Waals surface area contributed by atoms with Gasteiger partial charge in [0.25, 0.3) is 0 Å². The first-order chi connectivity index (χ1) is 5.29. The molecule has 0 bridgehead atoms. The summed E-state index contributed by atoms with van der Waals surface area (Å²) in [6.07, 6.45) is 1.71. The van der Waals surface area contributed by atoms with Crippen LogP contribution in [0.1, 0.15) is 35.6 Å². The topological polar surface area (TPSA) is 64.9 Å². The molecular formula is C6H8ClN3O. The molecule has 2 unspecified atom stereocenters. The molecule has 0 spiro atoms. The van der Waals surface area contributed by atoms with E-state index >= 15 is 0 Å². The number of nitrogens with zero attached hydrogens (tertiary/aromatic N) is 2. The molecule has 0 saturated heterocycles. The maximum absolute atomic E-state index is 5.94. The molecule has 0 aliphatic heterocycles. The first-order valence-electron chi connectivity index (χ1n) is 3.51. The molecule has 2 N–H and O–H groups in total. The van der Waals surface area contributed by atoms with E-state index in [1.807, 2.05) is 0 Å². The van der Waals surface area contributed by atoms with Crippen molar-refractivity contribution < 1.29 is 4.63 Å². The molecule has 0 amide bonds. The van der Waals surface area contributed by atoms with Crippen molar-refractivity contribution in [3.63, 3.8) is 0 Å². The second-order valence-electron chi connectivity index (χ2n) is 2.69. The fraction of sp³-hybridized carbons (Fsp3) is 0.667. The normalized spacial score (nSPS) is 30.0. The minimum Gasteiger partial charge on any atom is -0.322 e. The van der Waals surface area contributed by atoms with Crippen LogP contribution in [0.15, 0.2) is 4.63 Å².